The Bertz CT molecular complexity index is 1330. The monoisotopic (exact) mass is 512 g/mol. The molecule has 35 heavy (non-hydrogen) atoms. The predicted molar refractivity (Wildman–Crippen MR) is 151 cm³/mol. The number of aryl methyl sites for hydroxylation is 2. The number of allylic oxidation sites excluding steroid dienone is 1. The first-order valence-electron chi connectivity index (χ1n) is 11.8. The number of rotatable bonds is 6. The van der Waals surface area contributed by atoms with E-state index >= 15 is 0 Å². The molecule has 1 aromatic carbocycles. The van der Waals surface area contributed by atoms with Gasteiger partial charge in [-0.25, -0.2) is 4.98 Å². The zero-order chi connectivity index (χ0) is 25.7. The second-order valence-corrected chi connectivity index (χ2v) is 9.80. The summed E-state index contributed by atoms with van der Waals surface area (Å²) in [6, 6.07) is 7.68. The van der Waals surface area contributed by atoms with Crippen molar-refractivity contribution in [3.63, 3.8) is 0 Å². The summed E-state index contributed by atoms with van der Waals surface area (Å²) in [4.78, 5) is 22.2. The van der Waals surface area contributed by atoms with Crippen LogP contribution in [0.25, 0.3) is 16.5 Å². The van der Waals surface area contributed by atoms with Gasteiger partial charge in [-0.3, -0.25) is 9.79 Å². The third-order valence-electron chi connectivity index (χ3n) is 5.77. The highest BCUT2D eigenvalue weighted by Gasteiger charge is 2.21. The second kappa shape index (κ2) is 11.8. The minimum Gasteiger partial charge on any atom is -0.455 e. The third-order valence-corrected chi connectivity index (χ3v) is 7.22. The highest BCUT2D eigenvalue weighted by atomic mass is 35.5. The fourth-order valence-electron chi connectivity index (χ4n) is 3.83. The van der Waals surface area contributed by atoms with Crippen molar-refractivity contribution in [2.45, 2.75) is 53.6 Å². The van der Waals surface area contributed by atoms with Crippen LogP contribution in [-0.4, -0.2) is 28.7 Å². The molecule has 1 atom stereocenters. The SMILES string of the molecule is CC.Cc1cc(C(C)Nc2ccc(Cl)nc2C)c2oc(/C(C=NC3CSC3)=C/N)c(C)c(=O)c2c1. The van der Waals surface area contributed by atoms with Crippen LogP contribution in [0.15, 0.2) is 44.7 Å². The van der Waals surface area contributed by atoms with Gasteiger partial charge >= 0.3 is 0 Å². The Kier molecular flexibility index (Phi) is 9.03. The number of nitrogens with two attached hydrogens (primary N) is 1. The first-order chi connectivity index (χ1) is 16.8. The molecule has 3 N–H and O–H groups in total. The van der Waals surface area contributed by atoms with Gasteiger partial charge < -0.3 is 15.5 Å². The summed E-state index contributed by atoms with van der Waals surface area (Å²) >= 11 is 7.86. The Hall–Kier alpha value is -2.77. The van der Waals surface area contributed by atoms with E-state index in [2.05, 4.69) is 15.3 Å². The van der Waals surface area contributed by atoms with Crippen molar-refractivity contribution in [2.24, 2.45) is 10.7 Å². The van der Waals surface area contributed by atoms with Gasteiger partial charge in [0.1, 0.15) is 16.5 Å². The number of halogens is 1. The van der Waals surface area contributed by atoms with Crippen LogP contribution in [-0.2, 0) is 0 Å². The average molecular weight is 513 g/mol. The van der Waals surface area contributed by atoms with E-state index in [1.807, 2.05) is 64.6 Å². The lowest BCUT2D eigenvalue weighted by atomic mass is 9.99. The van der Waals surface area contributed by atoms with Crippen molar-refractivity contribution in [3.05, 3.63) is 74.0 Å². The fourth-order valence-corrected chi connectivity index (χ4v) is 4.64. The number of nitrogens with zero attached hydrogens (tertiary/aromatic N) is 2. The van der Waals surface area contributed by atoms with E-state index in [-0.39, 0.29) is 17.5 Å². The lowest BCUT2D eigenvalue weighted by Gasteiger charge is -2.21. The van der Waals surface area contributed by atoms with Crippen LogP contribution >= 0.6 is 23.4 Å². The summed E-state index contributed by atoms with van der Waals surface area (Å²) in [6.45, 7) is 11.7. The first kappa shape index (κ1) is 26.8. The van der Waals surface area contributed by atoms with Gasteiger partial charge in [0.2, 0.25) is 0 Å². The maximum atomic E-state index is 13.3. The number of aromatic nitrogens is 1. The molecule has 1 aliphatic heterocycles. The highest BCUT2D eigenvalue weighted by Crippen LogP contribution is 2.31. The molecule has 186 valence electrons. The largest absolute Gasteiger partial charge is 0.455 e. The van der Waals surface area contributed by atoms with Crippen molar-refractivity contribution < 1.29 is 4.42 Å². The summed E-state index contributed by atoms with van der Waals surface area (Å²) < 4.78 is 6.38. The lowest BCUT2D eigenvalue weighted by molar-refractivity contribution is 0.575. The zero-order valence-corrected chi connectivity index (χ0v) is 22.7. The molecule has 0 amide bonds. The minimum absolute atomic E-state index is 0.0697. The number of nitrogens with one attached hydrogen (secondary N) is 1. The van der Waals surface area contributed by atoms with Crippen LogP contribution in [0.1, 0.15) is 55.0 Å². The molecular weight excluding hydrogens is 480 g/mol. The Labute approximate surface area is 216 Å². The predicted octanol–water partition coefficient (Wildman–Crippen LogP) is 6.45. The van der Waals surface area contributed by atoms with Crippen LogP contribution < -0.4 is 16.5 Å². The zero-order valence-electron chi connectivity index (χ0n) is 21.1. The van der Waals surface area contributed by atoms with E-state index < -0.39 is 0 Å². The molecule has 3 heterocycles. The first-order valence-corrected chi connectivity index (χ1v) is 13.3. The van der Waals surface area contributed by atoms with Gasteiger partial charge in [-0.1, -0.05) is 31.5 Å². The van der Waals surface area contributed by atoms with E-state index in [0.717, 1.165) is 34.0 Å². The molecule has 1 saturated heterocycles. The summed E-state index contributed by atoms with van der Waals surface area (Å²) in [5.41, 5.74) is 11.0. The molecule has 0 bridgehead atoms. The molecule has 3 aromatic rings. The van der Waals surface area contributed by atoms with Gasteiger partial charge in [-0.2, -0.15) is 11.8 Å². The molecule has 0 radical (unpaired) electrons. The van der Waals surface area contributed by atoms with Crippen LogP contribution in [0, 0.1) is 20.8 Å². The van der Waals surface area contributed by atoms with E-state index in [1.54, 1.807) is 19.2 Å². The van der Waals surface area contributed by atoms with Gasteiger partial charge in [-0.15, -0.1) is 0 Å². The molecule has 1 fully saturated rings. The number of hydrogen-bond donors (Lipinski definition) is 2. The molecule has 0 spiro atoms. The van der Waals surface area contributed by atoms with Crippen LogP contribution in [0.5, 0.6) is 0 Å². The fraction of sp³-hybridized carbons (Fsp3) is 0.370. The van der Waals surface area contributed by atoms with E-state index in [1.165, 1.54) is 6.20 Å². The molecule has 0 saturated carbocycles. The quantitative estimate of drug-likeness (QED) is 0.291. The molecule has 0 aliphatic carbocycles. The number of fused-ring (bicyclic) bond motifs is 1. The summed E-state index contributed by atoms with van der Waals surface area (Å²) in [5.74, 6) is 2.45. The lowest BCUT2D eigenvalue weighted by Crippen LogP contribution is -2.22. The number of thioether (sulfide) groups is 1. The van der Waals surface area contributed by atoms with Crippen molar-refractivity contribution >= 4 is 51.8 Å². The minimum atomic E-state index is -0.154. The number of hydrogen-bond acceptors (Lipinski definition) is 7. The van der Waals surface area contributed by atoms with Crippen LogP contribution in [0.3, 0.4) is 0 Å². The Balaban J connectivity index is 0.00000167. The number of pyridine rings is 1. The molecular formula is C27H33ClN4O2S. The molecule has 2 aromatic heterocycles. The second-order valence-electron chi connectivity index (χ2n) is 8.34. The Morgan fingerprint density at radius 3 is 2.60 bits per heavy atom. The molecule has 4 rings (SSSR count). The molecule has 8 heteroatoms. The number of anilines is 1. The Morgan fingerprint density at radius 1 is 1.29 bits per heavy atom. The van der Waals surface area contributed by atoms with E-state index in [4.69, 9.17) is 21.8 Å². The topological polar surface area (TPSA) is 93.5 Å². The Morgan fingerprint density at radius 2 is 2.00 bits per heavy atom. The molecule has 1 aliphatic rings. The van der Waals surface area contributed by atoms with E-state index in [0.29, 0.717) is 33.0 Å². The molecule has 1 unspecified atom stereocenters. The third kappa shape index (κ3) is 5.90. The maximum Gasteiger partial charge on any atom is 0.196 e. The standard InChI is InChI=1S/C25H27ClN4O2S.C2H6/c1-13-7-19(15(3)29-21-5-6-22(26)30-16(21)4)25-20(8-13)23(31)14(2)24(32-25)17(9-27)10-28-18-11-33-12-18;1-2/h5-10,15,18,29H,11-12,27H2,1-4H3;1-2H3/b17-9+,28-10?;. The van der Waals surface area contributed by atoms with E-state index in [9.17, 15) is 4.79 Å². The van der Waals surface area contributed by atoms with Crippen molar-refractivity contribution in [3.8, 4) is 0 Å². The molecule has 6 nitrogen and oxygen atoms in total. The number of aliphatic imine (C=N–C) groups is 1. The van der Waals surface area contributed by atoms with Crippen molar-refractivity contribution in [2.75, 3.05) is 16.8 Å². The summed E-state index contributed by atoms with van der Waals surface area (Å²) in [5, 5.41) is 4.47. The van der Waals surface area contributed by atoms with Gasteiger partial charge in [0.15, 0.2) is 5.43 Å². The maximum absolute atomic E-state index is 13.3. The average Bonchev–Trinajstić information content (AvgIpc) is 2.81. The van der Waals surface area contributed by atoms with Crippen LogP contribution in [0.4, 0.5) is 5.69 Å². The van der Waals surface area contributed by atoms with Gasteiger partial charge in [-0.05, 0) is 51.5 Å². The van der Waals surface area contributed by atoms with Crippen LogP contribution in [0.2, 0.25) is 5.15 Å². The summed E-state index contributed by atoms with van der Waals surface area (Å²) in [7, 11) is 0. The smallest absolute Gasteiger partial charge is 0.196 e. The normalized spacial score (nSPS) is 15.0. The van der Waals surface area contributed by atoms with Crippen molar-refractivity contribution in [1.29, 1.82) is 0 Å². The van der Waals surface area contributed by atoms with Gasteiger partial charge in [0.25, 0.3) is 0 Å². The number of benzene rings is 1. The highest BCUT2D eigenvalue weighted by molar-refractivity contribution is 8.00. The summed E-state index contributed by atoms with van der Waals surface area (Å²) in [6.07, 6.45) is 3.17. The van der Waals surface area contributed by atoms with Gasteiger partial charge in [0.05, 0.1) is 34.4 Å². The van der Waals surface area contributed by atoms with Crippen molar-refractivity contribution in [1.82, 2.24) is 4.98 Å². The van der Waals surface area contributed by atoms with Gasteiger partial charge in [0, 0.05) is 35.0 Å².